The van der Waals surface area contributed by atoms with E-state index >= 15 is 0 Å². The Morgan fingerprint density at radius 1 is 0.719 bits per heavy atom. The van der Waals surface area contributed by atoms with Crippen molar-refractivity contribution in [2.45, 2.75) is 48.7 Å². The normalized spacial score (nSPS) is 17.5. The van der Waals surface area contributed by atoms with Crippen molar-refractivity contribution in [1.82, 2.24) is 9.44 Å². The van der Waals surface area contributed by atoms with Crippen LogP contribution >= 0.6 is 15.9 Å². The molecule has 0 spiro atoms. The average Bonchev–Trinajstić information content (AvgIpc) is 2.96. The molecule has 12 heteroatoms. The lowest BCUT2D eigenvalue weighted by atomic mass is 9.79. The lowest BCUT2D eigenvalue weighted by Gasteiger charge is -2.32. The predicted octanol–water partition coefficient (Wildman–Crippen LogP) is 2.25. The zero-order valence-electron chi connectivity index (χ0n) is 18.8. The minimum absolute atomic E-state index is 0.222. The number of halogens is 1. The van der Waals surface area contributed by atoms with E-state index in [1.54, 1.807) is 36.4 Å². The summed E-state index contributed by atoms with van der Waals surface area (Å²) in [6.07, 6.45) is 0. The monoisotopic (exact) mass is 546 g/mol. The number of sulfonamides is 2. The summed E-state index contributed by atoms with van der Waals surface area (Å²) >= 11 is 3.22. The fourth-order valence-electron chi connectivity index (χ4n) is 2.63. The quantitative estimate of drug-likeness (QED) is 0.556. The molecule has 8 nitrogen and oxygen atoms in total. The maximum atomic E-state index is 11.7. The molecule has 2 aromatic carbocycles. The van der Waals surface area contributed by atoms with Crippen molar-refractivity contribution in [2.24, 2.45) is 0 Å². The van der Waals surface area contributed by atoms with Crippen LogP contribution in [0, 0.1) is 0 Å². The molecule has 0 aliphatic carbocycles. The summed E-state index contributed by atoms with van der Waals surface area (Å²) < 4.78 is 62.9. The van der Waals surface area contributed by atoms with Gasteiger partial charge in [0.25, 0.3) is 0 Å². The van der Waals surface area contributed by atoms with E-state index in [1.807, 2.05) is 27.7 Å². The zero-order valence-corrected chi connectivity index (χ0v) is 22.1. The molecule has 2 aromatic rings. The van der Waals surface area contributed by atoms with Crippen molar-refractivity contribution < 1.29 is 26.1 Å². The van der Waals surface area contributed by atoms with E-state index < -0.39 is 38.4 Å². The third-order valence-electron chi connectivity index (χ3n) is 5.38. The molecular formula is C20H28BBrN2O6S2. The Hall–Kier alpha value is -1.28. The summed E-state index contributed by atoms with van der Waals surface area (Å²) in [5.41, 5.74) is -0.0143. The number of hydrogen-bond donors (Lipinski definition) is 2. The second-order valence-electron chi connectivity index (χ2n) is 8.03. The Balaban J connectivity index is 0.000000258. The summed E-state index contributed by atoms with van der Waals surface area (Å²) in [7, 11) is -4.41. The van der Waals surface area contributed by atoms with Gasteiger partial charge in [0, 0.05) is 4.47 Å². The van der Waals surface area contributed by atoms with Crippen molar-refractivity contribution in [3.63, 3.8) is 0 Å². The molecule has 1 saturated heterocycles. The first-order valence-corrected chi connectivity index (χ1v) is 13.5. The third kappa shape index (κ3) is 6.19. The van der Waals surface area contributed by atoms with Gasteiger partial charge >= 0.3 is 7.12 Å². The molecule has 0 bridgehead atoms. The van der Waals surface area contributed by atoms with Gasteiger partial charge in [-0.1, -0.05) is 28.1 Å². The molecule has 0 amide bonds. The molecule has 0 saturated carbocycles. The van der Waals surface area contributed by atoms with Crippen LogP contribution < -0.4 is 14.9 Å². The van der Waals surface area contributed by atoms with Gasteiger partial charge in [-0.05, 0) is 83.7 Å². The molecule has 0 radical (unpaired) electrons. The Morgan fingerprint density at radius 3 is 1.41 bits per heavy atom. The summed E-state index contributed by atoms with van der Waals surface area (Å²) in [4.78, 5) is 0.494. The third-order valence-corrected chi connectivity index (χ3v) is 8.77. The minimum atomic E-state index is -3.42. The first-order chi connectivity index (χ1) is 14.6. The van der Waals surface area contributed by atoms with Gasteiger partial charge in [0.15, 0.2) is 0 Å². The molecule has 1 aliphatic heterocycles. The van der Waals surface area contributed by atoms with Crippen LogP contribution in [0.2, 0.25) is 0 Å². The topological polar surface area (TPSA) is 111 Å². The number of benzene rings is 2. The van der Waals surface area contributed by atoms with Gasteiger partial charge in [-0.2, -0.15) is 0 Å². The van der Waals surface area contributed by atoms with Crippen molar-refractivity contribution in [1.29, 1.82) is 0 Å². The van der Waals surface area contributed by atoms with E-state index in [4.69, 9.17) is 9.31 Å². The Labute approximate surface area is 199 Å². The van der Waals surface area contributed by atoms with Crippen LogP contribution in [0.15, 0.2) is 62.8 Å². The van der Waals surface area contributed by atoms with Crippen molar-refractivity contribution in [3.05, 3.63) is 53.0 Å². The molecule has 0 unspecified atom stereocenters. The van der Waals surface area contributed by atoms with Gasteiger partial charge in [-0.15, -0.1) is 0 Å². The molecule has 0 aromatic heterocycles. The summed E-state index contributed by atoms with van der Waals surface area (Å²) in [5.74, 6) is 0. The molecule has 2 N–H and O–H groups in total. The minimum Gasteiger partial charge on any atom is -0.399 e. The highest BCUT2D eigenvalue weighted by Crippen LogP contribution is 2.36. The molecule has 1 fully saturated rings. The lowest BCUT2D eigenvalue weighted by molar-refractivity contribution is 0.00578. The van der Waals surface area contributed by atoms with Crippen LogP contribution in [0.5, 0.6) is 0 Å². The lowest BCUT2D eigenvalue weighted by Crippen LogP contribution is -2.41. The van der Waals surface area contributed by atoms with Gasteiger partial charge in [-0.25, -0.2) is 26.3 Å². The van der Waals surface area contributed by atoms with E-state index in [-0.39, 0.29) is 9.79 Å². The second kappa shape index (κ2) is 9.92. The Morgan fingerprint density at radius 2 is 1.06 bits per heavy atom. The van der Waals surface area contributed by atoms with Crippen molar-refractivity contribution in [2.75, 3.05) is 14.1 Å². The molecule has 1 aliphatic rings. The molecule has 32 heavy (non-hydrogen) atoms. The largest absolute Gasteiger partial charge is 0.494 e. The molecule has 1 heterocycles. The van der Waals surface area contributed by atoms with Crippen molar-refractivity contribution in [3.8, 4) is 0 Å². The first-order valence-electron chi connectivity index (χ1n) is 9.73. The molecular weight excluding hydrogens is 519 g/mol. The fraction of sp³-hybridized carbons (Fsp3) is 0.400. The van der Waals surface area contributed by atoms with Crippen LogP contribution in [0.3, 0.4) is 0 Å². The molecule has 176 valence electrons. The first kappa shape index (κ1) is 27.0. The van der Waals surface area contributed by atoms with Gasteiger partial charge < -0.3 is 9.31 Å². The maximum Gasteiger partial charge on any atom is 0.494 e. The number of rotatable bonds is 5. The zero-order chi connectivity index (χ0) is 24.4. The highest BCUT2D eigenvalue weighted by atomic mass is 79.9. The predicted molar refractivity (Wildman–Crippen MR) is 129 cm³/mol. The van der Waals surface area contributed by atoms with Crippen LogP contribution in [0.4, 0.5) is 0 Å². The second-order valence-corrected chi connectivity index (χ2v) is 12.7. The maximum absolute atomic E-state index is 11.7. The smallest absolute Gasteiger partial charge is 0.399 e. The van der Waals surface area contributed by atoms with E-state index in [0.29, 0.717) is 0 Å². The highest BCUT2D eigenvalue weighted by molar-refractivity contribution is 9.10. The standard InChI is InChI=1S/C13H20BNO4S.C7H8BrNO2S/c1-12(2)13(3,4)19-14(18-12)10-6-8-11(9-7-10)20(16,17)15-5;1-9-12(10,11)7-4-2-6(8)3-5-7/h6-9,15H,1-5H3;2-5,9H,1H3. The van der Waals surface area contributed by atoms with Crippen LogP contribution in [-0.4, -0.2) is 49.3 Å². The van der Waals surface area contributed by atoms with E-state index in [2.05, 4.69) is 25.4 Å². The molecule has 0 atom stereocenters. The summed E-state index contributed by atoms with van der Waals surface area (Å²) in [6.45, 7) is 7.92. The van der Waals surface area contributed by atoms with Crippen molar-refractivity contribution >= 4 is 48.6 Å². The summed E-state index contributed by atoms with van der Waals surface area (Å²) in [5, 5.41) is 0. The number of nitrogens with one attached hydrogen (secondary N) is 2. The van der Waals surface area contributed by atoms with Gasteiger partial charge in [0.2, 0.25) is 20.0 Å². The van der Waals surface area contributed by atoms with Crippen LogP contribution in [0.1, 0.15) is 27.7 Å². The Kier molecular flexibility index (Phi) is 8.36. The number of hydrogen-bond acceptors (Lipinski definition) is 6. The Bertz CT molecular complexity index is 1120. The highest BCUT2D eigenvalue weighted by Gasteiger charge is 2.51. The van der Waals surface area contributed by atoms with Gasteiger partial charge in [-0.3, -0.25) is 0 Å². The van der Waals surface area contributed by atoms with E-state index in [9.17, 15) is 16.8 Å². The SMILES string of the molecule is CNS(=O)(=O)c1ccc(B2OC(C)(C)C(C)(C)O2)cc1.CNS(=O)(=O)c1ccc(Br)cc1. The van der Waals surface area contributed by atoms with E-state index in [0.717, 1.165) is 9.94 Å². The van der Waals surface area contributed by atoms with Gasteiger partial charge in [0.05, 0.1) is 21.0 Å². The van der Waals surface area contributed by atoms with Crippen LogP contribution in [0.25, 0.3) is 0 Å². The average molecular weight is 547 g/mol. The van der Waals surface area contributed by atoms with E-state index in [1.165, 1.54) is 26.2 Å². The van der Waals surface area contributed by atoms with Crippen LogP contribution in [-0.2, 0) is 29.4 Å². The summed E-state index contributed by atoms with van der Waals surface area (Å²) in [6, 6.07) is 13.0. The fourth-order valence-corrected chi connectivity index (χ4v) is 4.36. The van der Waals surface area contributed by atoms with Gasteiger partial charge in [0.1, 0.15) is 0 Å². The molecule has 3 rings (SSSR count).